The van der Waals surface area contributed by atoms with E-state index in [4.69, 9.17) is 4.74 Å². The van der Waals surface area contributed by atoms with Gasteiger partial charge in [0.1, 0.15) is 6.61 Å². The van der Waals surface area contributed by atoms with Crippen LogP contribution in [0.1, 0.15) is 62.0 Å². The Hall–Kier alpha value is -3.35. The van der Waals surface area contributed by atoms with E-state index in [2.05, 4.69) is 34.9 Å². The highest BCUT2D eigenvalue weighted by Crippen LogP contribution is 2.44. The third kappa shape index (κ3) is 5.58. The number of carboxylic acids is 1. The van der Waals surface area contributed by atoms with Gasteiger partial charge in [0, 0.05) is 24.9 Å². The first-order valence-corrected chi connectivity index (χ1v) is 12.2. The fourth-order valence-corrected chi connectivity index (χ4v) is 5.13. The Morgan fingerprint density at radius 3 is 2.24 bits per heavy atom. The van der Waals surface area contributed by atoms with Crippen molar-refractivity contribution in [2.75, 3.05) is 13.2 Å². The molecule has 0 saturated heterocycles. The van der Waals surface area contributed by atoms with Gasteiger partial charge < -0.3 is 20.5 Å². The van der Waals surface area contributed by atoms with Gasteiger partial charge in [-0.1, -0.05) is 61.4 Å². The van der Waals surface area contributed by atoms with Crippen molar-refractivity contribution in [3.63, 3.8) is 0 Å². The van der Waals surface area contributed by atoms with Crippen LogP contribution < -0.4 is 10.6 Å². The zero-order chi connectivity index (χ0) is 23.9. The van der Waals surface area contributed by atoms with Gasteiger partial charge in [0.05, 0.1) is 5.92 Å². The van der Waals surface area contributed by atoms with Gasteiger partial charge in [0.15, 0.2) is 0 Å². The molecule has 2 aliphatic carbocycles. The number of carbonyl (C=O) groups is 3. The Labute approximate surface area is 199 Å². The van der Waals surface area contributed by atoms with E-state index in [0.717, 1.165) is 12.8 Å². The second-order valence-electron chi connectivity index (χ2n) is 9.11. The summed E-state index contributed by atoms with van der Waals surface area (Å²) in [6, 6.07) is 16.1. The van der Waals surface area contributed by atoms with E-state index in [0.29, 0.717) is 38.6 Å². The van der Waals surface area contributed by atoms with Gasteiger partial charge in [-0.25, -0.2) is 4.79 Å². The number of fused-ring (bicyclic) bond motifs is 3. The van der Waals surface area contributed by atoms with Crippen LogP contribution >= 0.6 is 0 Å². The minimum absolute atomic E-state index is 0.0243. The molecule has 2 atom stereocenters. The van der Waals surface area contributed by atoms with Crippen LogP contribution in [0.3, 0.4) is 0 Å². The number of amides is 2. The second kappa shape index (κ2) is 11.2. The number of nitrogens with one attached hydrogen (secondary N) is 2. The standard InChI is InChI=1S/C27H32N2O5/c30-25(29-24-14-6-5-13-22(24)26(31)32)15-7-8-16-28-27(33)34-17-23-20-11-3-1-9-18(20)19-10-2-4-12-21(19)23/h1-4,9-12,22-24H,5-8,13-17H2,(H,28,33)(H,29,30)(H,31,32)/t22-,24+/m1/s1. The normalized spacial score (nSPS) is 19.1. The summed E-state index contributed by atoms with van der Waals surface area (Å²) in [6.07, 6.45) is 4.28. The Morgan fingerprint density at radius 1 is 0.912 bits per heavy atom. The van der Waals surface area contributed by atoms with Crippen molar-refractivity contribution in [3.8, 4) is 11.1 Å². The lowest BCUT2D eigenvalue weighted by atomic mass is 9.84. The second-order valence-corrected chi connectivity index (χ2v) is 9.11. The molecule has 7 nitrogen and oxygen atoms in total. The highest BCUT2D eigenvalue weighted by molar-refractivity contribution is 5.79. The van der Waals surface area contributed by atoms with E-state index < -0.39 is 18.0 Å². The number of hydrogen-bond donors (Lipinski definition) is 3. The first kappa shape index (κ1) is 23.8. The third-order valence-electron chi connectivity index (χ3n) is 6.87. The molecule has 7 heteroatoms. The van der Waals surface area contributed by atoms with E-state index in [1.807, 2.05) is 24.3 Å². The number of hydrogen-bond acceptors (Lipinski definition) is 4. The molecule has 1 saturated carbocycles. The highest BCUT2D eigenvalue weighted by atomic mass is 16.5. The Kier molecular flexibility index (Phi) is 7.83. The molecular formula is C27H32N2O5. The van der Waals surface area contributed by atoms with Crippen LogP contribution in [-0.2, 0) is 14.3 Å². The van der Waals surface area contributed by atoms with E-state index in [-0.39, 0.29) is 24.5 Å². The van der Waals surface area contributed by atoms with Crippen LogP contribution in [0, 0.1) is 5.92 Å². The van der Waals surface area contributed by atoms with Crippen LogP contribution in [0.4, 0.5) is 4.79 Å². The fraction of sp³-hybridized carbons (Fsp3) is 0.444. The zero-order valence-electron chi connectivity index (χ0n) is 19.3. The summed E-state index contributed by atoms with van der Waals surface area (Å²) in [4.78, 5) is 35.8. The monoisotopic (exact) mass is 464 g/mol. The number of unbranched alkanes of at least 4 members (excludes halogenated alkanes) is 1. The number of benzene rings is 2. The summed E-state index contributed by atoms with van der Waals surface area (Å²) in [5.74, 6) is -1.43. The maximum atomic E-state index is 12.2. The van der Waals surface area contributed by atoms with Gasteiger partial charge in [-0.05, 0) is 47.9 Å². The van der Waals surface area contributed by atoms with Gasteiger partial charge in [-0.2, -0.15) is 0 Å². The molecule has 2 aromatic rings. The molecule has 0 aromatic heterocycles. The van der Waals surface area contributed by atoms with Crippen LogP contribution in [0.5, 0.6) is 0 Å². The first-order valence-electron chi connectivity index (χ1n) is 12.2. The largest absolute Gasteiger partial charge is 0.481 e. The number of ether oxygens (including phenoxy) is 1. The molecule has 1 fully saturated rings. The number of carbonyl (C=O) groups excluding carboxylic acids is 2. The molecule has 2 aromatic carbocycles. The first-order chi connectivity index (χ1) is 16.5. The average molecular weight is 465 g/mol. The highest BCUT2D eigenvalue weighted by Gasteiger charge is 2.32. The molecule has 34 heavy (non-hydrogen) atoms. The Balaban J connectivity index is 1.15. The summed E-state index contributed by atoms with van der Waals surface area (Å²) in [5, 5.41) is 15.0. The maximum Gasteiger partial charge on any atom is 0.407 e. The minimum Gasteiger partial charge on any atom is -0.481 e. The SMILES string of the molecule is O=C(CCCCNC(=O)OCC1c2ccccc2-c2ccccc21)N[C@H]1CCCC[C@H]1C(=O)O. The lowest BCUT2D eigenvalue weighted by Gasteiger charge is -2.29. The topological polar surface area (TPSA) is 105 Å². The molecule has 0 aliphatic heterocycles. The van der Waals surface area contributed by atoms with Gasteiger partial charge in [-0.15, -0.1) is 0 Å². The van der Waals surface area contributed by atoms with E-state index in [1.165, 1.54) is 22.3 Å². The van der Waals surface area contributed by atoms with Crippen molar-refractivity contribution >= 4 is 18.0 Å². The van der Waals surface area contributed by atoms with Gasteiger partial charge >= 0.3 is 12.1 Å². The van der Waals surface area contributed by atoms with Crippen molar-refractivity contribution in [3.05, 3.63) is 59.7 Å². The molecule has 4 rings (SSSR count). The van der Waals surface area contributed by atoms with Gasteiger partial charge in [0.25, 0.3) is 0 Å². The predicted molar refractivity (Wildman–Crippen MR) is 128 cm³/mol. The molecular weight excluding hydrogens is 432 g/mol. The van der Waals surface area contributed by atoms with Crippen molar-refractivity contribution in [1.29, 1.82) is 0 Å². The number of rotatable bonds is 9. The minimum atomic E-state index is -0.836. The van der Waals surface area contributed by atoms with Crippen molar-refractivity contribution in [1.82, 2.24) is 10.6 Å². The van der Waals surface area contributed by atoms with Gasteiger partial charge in [0.2, 0.25) is 5.91 Å². The number of alkyl carbamates (subject to hydrolysis) is 1. The number of carboxylic acid groups (broad SMARTS) is 1. The zero-order valence-corrected chi connectivity index (χ0v) is 19.3. The Morgan fingerprint density at radius 2 is 1.56 bits per heavy atom. The summed E-state index contributed by atoms with van der Waals surface area (Å²) < 4.78 is 5.52. The molecule has 0 heterocycles. The predicted octanol–water partition coefficient (Wildman–Crippen LogP) is 4.46. The summed E-state index contributed by atoms with van der Waals surface area (Å²) in [7, 11) is 0. The summed E-state index contributed by atoms with van der Waals surface area (Å²) in [5.41, 5.74) is 4.72. The summed E-state index contributed by atoms with van der Waals surface area (Å²) >= 11 is 0. The quantitative estimate of drug-likeness (QED) is 0.476. The lowest BCUT2D eigenvalue weighted by molar-refractivity contribution is -0.144. The molecule has 180 valence electrons. The number of aliphatic carboxylic acids is 1. The molecule has 0 unspecified atom stereocenters. The van der Waals surface area contributed by atoms with Crippen LogP contribution in [0.2, 0.25) is 0 Å². The molecule has 0 spiro atoms. The van der Waals surface area contributed by atoms with Crippen molar-refractivity contribution < 1.29 is 24.2 Å². The molecule has 3 N–H and O–H groups in total. The Bertz CT molecular complexity index is 992. The van der Waals surface area contributed by atoms with E-state index in [9.17, 15) is 19.5 Å². The van der Waals surface area contributed by atoms with E-state index >= 15 is 0 Å². The maximum absolute atomic E-state index is 12.2. The fourth-order valence-electron chi connectivity index (χ4n) is 5.13. The van der Waals surface area contributed by atoms with Crippen molar-refractivity contribution in [2.24, 2.45) is 5.92 Å². The van der Waals surface area contributed by atoms with Crippen LogP contribution in [0.15, 0.2) is 48.5 Å². The van der Waals surface area contributed by atoms with Crippen LogP contribution in [-0.4, -0.2) is 42.3 Å². The third-order valence-corrected chi connectivity index (χ3v) is 6.87. The molecule has 2 aliphatic rings. The van der Waals surface area contributed by atoms with Crippen LogP contribution in [0.25, 0.3) is 11.1 Å². The van der Waals surface area contributed by atoms with E-state index in [1.54, 1.807) is 0 Å². The molecule has 0 bridgehead atoms. The average Bonchev–Trinajstić information content (AvgIpc) is 3.16. The van der Waals surface area contributed by atoms with Crippen molar-refractivity contribution in [2.45, 2.75) is 56.9 Å². The summed E-state index contributed by atoms with van der Waals surface area (Å²) in [6.45, 7) is 0.694. The smallest absolute Gasteiger partial charge is 0.407 e. The molecule has 2 amide bonds. The molecule has 0 radical (unpaired) electrons. The lowest BCUT2D eigenvalue weighted by Crippen LogP contribution is -2.45. The van der Waals surface area contributed by atoms with Gasteiger partial charge in [-0.3, -0.25) is 9.59 Å².